The first-order valence-corrected chi connectivity index (χ1v) is 8.87. The van der Waals surface area contributed by atoms with Gasteiger partial charge < -0.3 is 9.47 Å². The van der Waals surface area contributed by atoms with Gasteiger partial charge in [-0.05, 0) is 80.1 Å². The molecule has 2 unspecified atom stereocenters. The van der Waals surface area contributed by atoms with Gasteiger partial charge in [0.25, 0.3) is 0 Å². The highest BCUT2D eigenvalue weighted by atomic mass is 16.6. The normalized spacial score (nSPS) is 29.5. The summed E-state index contributed by atoms with van der Waals surface area (Å²) in [6, 6.07) is 0. The standard InChI is InChI=1S/C20H34O2/c1-15(11-13-17-19(3,4)21-17)9-7-8-10-16(2)12-14-18-20(5,6)22-18/h9-10,17-18H,7-8,11-14H2,1-6H3/b15-9+,16-10+. The summed E-state index contributed by atoms with van der Waals surface area (Å²) in [6.45, 7) is 13.2. The van der Waals surface area contributed by atoms with Gasteiger partial charge in [0.2, 0.25) is 0 Å². The number of epoxide rings is 2. The first-order chi connectivity index (χ1) is 10.2. The molecule has 2 heterocycles. The Morgan fingerprint density at radius 3 is 1.36 bits per heavy atom. The second-order valence-corrected chi connectivity index (χ2v) is 8.18. The molecule has 126 valence electrons. The van der Waals surface area contributed by atoms with Crippen LogP contribution in [0.2, 0.25) is 0 Å². The van der Waals surface area contributed by atoms with Crippen molar-refractivity contribution in [3.63, 3.8) is 0 Å². The summed E-state index contributed by atoms with van der Waals surface area (Å²) in [4.78, 5) is 0. The van der Waals surface area contributed by atoms with E-state index in [-0.39, 0.29) is 11.2 Å². The minimum atomic E-state index is 0.139. The van der Waals surface area contributed by atoms with Crippen LogP contribution in [-0.2, 0) is 9.47 Å². The highest BCUT2D eigenvalue weighted by Crippen LogP contribution is 2.39. The van der Waals surface area contributed by atoms with Crippen molar-refractivity contribution in [1.29, 1.82) is 0 Å². The lowest BCUT2D eigenvalue weighted by molar-refractivity contribution is 0.319. The Morgan fingerprint density at radius 2 is 1.09 bits per heavy atom. The molecule has 0 aromatic heterocycles. The topological polar surface area (TPSA) is 25.1 Å². The maximum absolute atomic E-state index is 5.63. The third-order valence-electron chi connectivity index (χ3n) is 5.08. The molecular weight excluding hydrogens is 272 g/mol. The molecular formula is C20H34O2. The summed E-state index contributed by atoms with van der Waals surface area (Å²) in [5.74, 6) is 0. The highest BCUT2D eigenvalue weighted by molar-refractivity contribution is 5.06. The summed E-state index contributed by atoms with van der Waals surface area (Å²) in [7, 11) is 0. The van der Waals surface area contributed by atoms with Crippen molar-refractivity contribution in [2.75, 3.05) is 0 Å². The zero-order valence-corrected chi connectivity index (χ0v) is 15.4. The predicted octanol–water partition coefficient (Wildman–Crippen LogP) is 5.57. The van der Waals surface area contributed by atoms with Crippen molar-refractivity contribution in [2.24, 2.45) is 0 Å². The van der Waals surface area contributed by atoms with Crippen LogP contribution in [0.3, 0.4) is 0 Å². The van der Waals surface area contributed by atoms with E-state index in [4.69, 9.17) is 9.47 Å². The molecule has 0 spiro atoms. The monoisotopic (exact) mass is 306 g/mol. The third-order valence-corrected chi connectivity index (χ3v) is 5.08. The number of hydrogen-bond donors (Lipinski definition) is 0. The molecule has 2 nitrogen and oxygen atoms in total. The molecule has 22 heavy (non-hydrogen) atoms. The smallest absolute Gasteiger partial charge is 0.0892 e. The van der Waals surface area contributed by atoms with Crippen LogP contribution in [0, 0.1) is 0 Å². The second-order valence-electron chi connectivity index (χ2n) is 8.18. The van der Waals surface area contributed by atoms with Crippen LogP contribution < -0.4 is 0 Å². The van der Waals surface area contributed by atoms with Gasteiger partial charge in [-0.15, -0.1) is 0 Å². The Labute approximate surface area is 137 Å². The number of hydrogen-bond acceptors (Lipinski definition) is 2. The molecule has 2 aliphatic heterocycles. The van der Waals surface area contributed by atoms with Crippen LogP contribution in [0.5, 0.6) is 0 Å². The van der Waals surface area contributed by atoms with E-state index < -0.39 is 0 Å². The fraction of sp³-hybridized carbons (Fsp3) is 0.800. The Hall–Kier alpha value is -0.600. The fourth-order valence-corrected chi connectivity index (χ4v) is 3.06. The fourth-order valence-electron chi connectivity index (χ4n) is 3.06. The van der Waals surface area contributed by atoms with E-state index in [2.05, 4.69) is 53.7 Å². The van der Waals surface area contributed by atoms with Gasteiger partial charge >= 0.3 is 0 Å². The van der Waals surface area contributed by atoms with Crippen molar-refractivity contribution < 1.29 is 9.47 Å². The molecule has 0 bridgehead atoms. The molecule has 0 saturated carbocycles. The van der Waals surface area contributed by atoms with Gasteiger partial charge in [0.15, 0.2) is 0 Å². The molecule has 2 heteroatoms. The molecule has 2 saturated heterocycles. The van der Waals surface area contributed by atoms with Crippen LogP contribution in [0.4, 0.5) is 0 Å². The van der Waals surface area contributed by atoms with Crippen molar-refractivity contribution in [3.05, 3.63) is 23.3 Å². The van der Waals surface area contributed by atoms with E-state index in [1.54, 1.807) is 0 Å². The van der Waals surface area contributed by atoms with Gasteiger partial charge in [0.05, 0.1) is 23.4 Å². The number of allylic oxidation sites excluding steroid dienone is 4. The molecule has 2 aliphatic rings. The van der Waals surface area contributed by atoms with Gasteiger partial charge in [-0.3, -0.25) is 0 Å². The number of rotatable bonds is 9. The zero-order valence-electron chi connectivity index (χ0n) is 15.4. The van der Waals surface area contributed by atoms with Gasteiger partial charge in [-0.1, -0.05) is 23.3 Å². The van der Waals surface area contributed by atoms with E-state index in [0.717, 1.165) is 12.8 Å². The lowest BCUT2D eigenvalue weighted by atomic mass is 10.0. The average Bonchev–Trinajstić information content (AvgIpc) is 3.24. The average molecular weight is 306 g/mol. The molecule has 0 radical (unpaired) electrons. The Balaban J connectivity index is 1.55. The van der Waals surface area contributed by atoms with Gasteiger partial charge in [-0.25, -0.2) is 0 Å². The van der Waals surface area contributed by atoms with Crippen molar-refractivity contribution in [1.82, 2.24) is 0 Å². The van der Waals surface area contributed by atoms with Gasteiger partial charge in [0, 0.05) is 0 Å². The zero-order chi connectivity index (χ0) is 16.4. The minimum Gasteiger partial charge on any atom is -0.367 e. The summed E-state index contributed by atoms with van der Waals surface area (Å²) >= 11 is 0. The molecule has 2 rings (SSSR count). The van der Waals surface area contributed by atoms with E-state index in [0.29, 0.717) is 12.2 Å². The molecule has 0 aromatic carbocycles. The molecule has 0 aliphatic carbocycles. The SMILES string of the molecule is C/C(=C\CC/C=C(\C)CCC1OC1(C)C)CCC1OC1(C)C. The van der Waals surface area contributed by atoms with Crippen molar-refractivity contribution in [3.8, 4) is 0 Å². The van der Waals surface area contributed by atoms with E-state index in [9.17, 15) is 0 Å². The Bertz CT molecular complexity index is 401. The molecule has 0 amide bonds. The molecule has 0 aromatic rings. The van der Waals surface area contributed by atoms with Crippen molar-refractivity contribution >= 4 is 0 Å². The quantitative estimate of drug-likeness (QED) is 0.316. The van der Waals surface area contributed by atoms with Gasteiger partial charge in [0.1, 0.15) is 0 Å². The predicted molar refractivity (Wildman–Crippen MR) is 93.1 cm³/mol. The largest absolute Gasteiger partial charge is 0.367 e. The molecule has 2 fully saturated rings. The molecule has 0 N–H and O–H groups in total. The van der Waals surface area contributed by atoms with E-state index in [1.165, 1.54) is 36.8 Å². The summed E-state index contributed by atoms with van der Waals surface area (Å²) in [5.41, 5.74) is 3.29. The molecule has 2 atom stereocenters. The summed E-state index contributed by atoms with van der Waals surface area (Å²) in [6.07, 6.45) is 12.7. The first kappa shape index (κ1) is 17.7. The van der Waals surface area contributed by atoms with Gasteiger partial charge in [-0.2, -0.15) is 0 Å². The Morgan fingerprint density at radius 1 is 0.773 bits per heavy atom. The first-order valence-electron chi connectivity index (χ1n) is 8.87. The van der Waals surface area contributed by atoms with E-state index in [1.807, 2.05) is 0 Å². The lowest BCUT2D eigenvalue weighted by Gasteiger charge is -2.02. The van der Waals surface area contributed by atoms with Crippen molar-refractivity contribution in [2.45, 2.75) is 103 Å². The second kappa shape index (κ2) is 6.88. The van der Waals surface area contributed by atoms with E-state index >= 15 is 0 Å². The highest BCUT2D eigenvalue weighted by Gasteiger charge is 2.47. The van der Waals surface area contributed by atoms with Crippen LogP contribution in [0.15, 0.2) is 23.3 Å². The maximum Gasteiger partial charge on any atom is 0.0892 e. The number of unbranched alkanes of at least 4 members (excludes halogenated alkanes) is 1. The van der Waals surface area contributed by atoms with Crippen LogP contribution in [0.1, 0.15) is 80.1 Å². The number of ether oxygens (including phenoxy) is 2. The van der Waals surface area contributed by atoms with Crippen LogP contribution in [0.25, 0.3) is 0 Å². The lowest BCUT2D eigenvalue weighted by Crippen LogP contribution is -2.02. The van der Waals surface area contributed by atoms with Crippen LogP contribution >= 0.6 is 0 Å². The third kappa shape index (κ3) is 5.55. The maximum atomic E-state index is 5.63. The Kier molecular flexibility index (Phi) is 5.55. The summed E-state index contributed by atoms with van der Waals surface area (Å²) < 4.78 is 11.3. The minimum absolute atomic E-state index is 0.139. The summed E-state index contributed by atoms with van der Waals surface area (Å²) in [5, 5.41) is 0. The van der Waals surface area contributed by atoms with Crippen LogP contribution in [-0.4, -0.2) is 23.4 Å².